The van der Waals surface area contributed by atoms with Crippen molar-refractivity contribution in [2.24, 2.45) is 0 Å². The van der Waals surface area contributed by atoms with E-state index >= 15 is 0 Å². The highest BCUT2D eigenvalue weighted by Gasteiger charge is 2.35. The number of amides is 2. The van der Waals surface area contributed by atoms with Gasteiger partial charge in [-0.2, -0.15) is 0 Å². The van der Waals surface area contributed by atoms with Crippen LogP contribution in [0.1, 0.15) is 51.7 Å². The second-order valence-corrected chi connectivity index (χ2v) is 8.62. The molecular weight excluding hydrogens is 408 g/mol. The number of H-pyrrole nitrogens is 1. The summed E-state index contributed by atoms with van der Waals surface area (Å²) < 4.78 is 11.0. The van der Waals surface area contributed by atoms with Gasteiger partial charge in [-0.05, 0) is 51.0 Å². The van der Waals surface area contributed by atoms with Crippen LogP contribution in [0.5, 0.6) is 5.75 Å². The maximum absolute atomic E-state index is 13.2. The minimum absolute atomic E-state index is 0.0790. The van der Waals surface area contributed by atoms with Gasteiger partial charge in [0.25, 0.3) is 11.5 Å². The molecule has 166 valence electrons. The highest BCUT2D eigenvalue weighted by Crippen LogP contribution is 2.36. The molecule has 2 aliphatic heterocycles. The Labute approximate surface area is 186 Å². The van der Waals surface area contributed by atoms with Crippen molar-refractivity contribution in [1.29, 1.82) is 0 Å². The molecular formula is C25H26N2O5. The SMILES string of the molecule is CCC(C=C1OC(=O)NC1=O)(CC)c1ccc(-c2ccc3c(c2)OC(C)(C)C=C3)[nH]c1=O. The van der Waals surface area contributed by atoms with Crippen LogP contribution in [0.4, 0.5) is 4.79 Å². The number of carbonyl (C=O) groups is 2. The Morgan fingerprint density at radius 1 is 1.06 bits per heavy atom. The molecule has 7 nitrogen and oxygen atoms in total. The van der Waals surface area contributed by atoms with Gasteiger partial charge in [0.15, 0.2) is 5.76 Å². The summed E-state index contributed by atoms with van der Waals surface area (Å²) in [6, 6.07) is 9.44. The van der Waals surface area contributed by atoms with Crippen molar-refractivity contribution >= 4 is 18.1 Å². The number of rotatable bonds is 5. The molecule has 1 fully saturated rings. The van der Waals surface area contributed by atoms with Crippen LogP contribution in [0.3, 0.4) is 0 Å². The Morgan fingerprint density at radius 3 is 2.44 bits per heavy atom. The highest BCUT2D eigenvalue weighted by molar-refractivity contribution is 6.07. The Bertz CT molecular complexity index is 1220. The topological polar surface area (TPSA) is 97.5 Å². The van der Waals surface area contributed by atoms with Crippen molar-refractivity contribution in [2.45, 2.75) is 51.6 Å². The van der Waals surface area contributed by atoms with E-state index in [1.54, 1.807) is 12.1 Å². The van der Waals surface area contributed by atoms with Gasteiger partial charge in [0.05, 0.1) is 0 Å². The molecule has 0 bridgehead atoms. The summed E-state index contributed by atoms with van der Waals surface area (Å²) in [6.45, 7) is 7.83. The number of pyridine rings is 1. The number of fused-ring (bicyclic) bond motifs is 1. The molecule has 1 aromatic heterocycles. The predicted molar refractivity (Wildman–Crippen MR) is 121 cm³/mol. The van der Waals surface area contributed by atoms with Crippen molar-refractivity contribution in [1.82, 2.24) is 10.3 Å². The van der Waals surface area contributed by atoms with Gasteiger partial charge in [0.1, 0.15) is 11.4 Å². The number of hydrogen-bond donors (Lipinski definition) is 2. The van der Waals surface area contributed by atoms with Gasteiger partial charge < -0.3 is 14.5 Å². The summed E-state index contributed by atoms with van der Waals surface area (Å²) >= 11 is 0. The first-order valence-electron chi connectivity index (χ1n) is 10.7. The summed E-state index contributed by atoms with van der Waals surface area (Å²) in [6.07, 6.45) is 5.92. The smallest absolute Gasteiger partial charge is 0.419 e. The molecule has 2 aromatic rings. The lowest BCUT2D eigenvalue weighted by Crippen LogP contribution is -2.31. The van der Waals surface area contributed by atoms with Crippen molar-refractivity contribution in [3.8, 4) is 17.0 Å². The monoisotopic (exact) mass is 434 g/mol. The maximum Gasteiger partial charge on any atom is 0.419 e. The third kappa shape index (κ3) is 3.86. The van der Waals surface area contributed by atoms with Crippen LogP contribution in [0, 0.1) is 0 Å². The lowest BCUT2D eigenvalue weighted by molar-refractivity contribution is -0.116. The van der Waals surface area contributed by atoms with Gasteiger partial charge in [-0.15, -0.1) is 0 Å². The number of cyclic esters (lactones) is 1. The largest absolute Gasteiger partial charge is 0.483 e. The van der Waals surface area contributed by atoms with E-state index < -0.39 is 23.0 Å². The Balaban J connectivity index is 1.73. The summed E-state index contributed by atoms with van der Waals surface area (Å²) in [5.41, 5.74) is 1.58. The Kier molecular flexibility index (Phi) is 5.28. The van der Waals surface area contributed by atoms with Crippen LogP contribution in [-0.2, 0) is 14.9 Å². The first kappa shape index (κ1) is 21.6. The Morgan fingerprint density at radius 2 is 1.81 bits per heavy atom. The molecule has 0 spiro atoms. The summed E-state index contributed by atoms with van der Waals surface area (Å²) in [5.74, 6) is 0.0835. The quantitative estimate of drug-likeness (QED) is 0.679. The number of carbonyl (C=O) groups excluding carboxylic acids is 2. The van der Waals surface area contributed by atoms with E-state index in [1.165, 1.54) is 0 Å². The van der Waals surface area contributed by atoms with Crippen LogP contribution < -0.4 is 15.6 Å². The highest BCUT2D eigenvalue weighted by atomic mass is 16.6. The fourth-order valence-electron chi connectivity index (χ4n) is 4.15. The fraction of sp³-hybridized carbons (Fsp3) is 0.320. The number of nitrogens with one attached hydrogen (secondary N) is 2. The third-order valence-electron chi connectivity index (χ3n) is 6.12. The number of allylic oxidation sites excluding steroid dienone is 1. The molecule has 7 heteroatoms. The molecule has 4 rings (SSSR count). The van der Waals surface area contributed by atoms with Crippen molar-refractivity contribution in [3.63, 3.8) is 0 Å². The van der Waals surface area contributed by atoms with Crippen LogP contribution in [0.2, 0.25) is 0 Å². The lowest BCUT2D eigenvalue weighted by atomic mass is 9.75. The molecule has 0 atom stereocenters. The molecule has 2 N–H and O–H groups in total. The van der Waals surface area contributed by atoms with E-state index in [0.717, 1.165) is 16.9 Å². The van der Waals surface area contributed by atoms with E-state index in [-0.39, 0.29) is 11.3 Å². The second kappa shape index (κ2) is 7.82. The number of alkyl carbamates (subject to hydrolysis) is 1. The zero-order valence-electron chi connectivity index (χ0n) is 18.6. The van der Waals surface area contributed by atoms with Gasteiger partial charge >= 0.3 is 6.09 Å². The first-order chi connectivity index (χ1) is 15.2. The number of aromatic amines is 1. The molecule has 3 heterocycles. The standard InChI is InChI=1S/C25H26N2O5/c1-5-25(6-2,14-20-22(29)27-23(30)31-20)17-9-10-18(26-21(17)28)16-8-7-15-11-12-24(3,4)32-19(15)13-16/h7-14H,5-6H2,1-4H3,(H,26,28)(H,27,29,30). The molecule has 0 saturated carbocycles. The number of ether oxygens (including phenoxy) is 2. The van der Waals surface area contributed by atoms with Crippen LogP contribution in [0.15, 0.2) is 53.0 Å². The van der Waals surface area contributed by atoms with Gasteiger partial charge in [0.2, 0.25) is 0 Å². The number of imide groups is 1. The number of benzene rings is 1. The normalized spacial score (nSPS) is 18.2. The minimum Gasteiger partial charge on any atom is -0.483 e. The lowest BCUT2D eigenvalue weighted by Gasteiger charge is -2.29. The molecule has 0 aliphatic carbocycles. The van der Waals surface area contributed by atoms with Gasteiger partial charge in [-0.1, -0.05) is 38.1 Å². The average Bonchev–Trinajstić information content (AvgIpc) is 3.07. The molecule has 0 radical (unpaired) electrons. The molecule has 0 unspecified atom stereocenters. The van der Waals surface area contributed by atoms with Crippen LogP contribution in [-0.4, -0.2) is 22.6 Å². The minimum atomic E-state index is -0.806. The third-order valence-corrected chi connectivity index (χ3v) is 6.12. The van der Waals surface area contributed by atoms with Gasteiger partial charge in [0, 0.05) is 27.8 Å². The molecule has 2 aliphatic rings. The summed E-state index contributed by atoms with van der Waals surface area (Å²) in [5, 5.41) is 2.09. The van der Waals surface area contributed by atoms with Crippen molar-refractivity contribution in [2.75, 3.05) is 0 Å². The van der Waals surface area contributed by atoms with Crippen molar-refractivity contribution < 1.29 is 19.1 Å². The molecule has 1 saturated heterocycles. The predicted octanol–water partition coefficient (Wildman–Crippen LogP) is 4.43. The van der Waals surface area contributed by atoms with Crippen LogP contribution >= 0.6 is 0 Å². The number of aromatic nitrogens is 1. The van der Waals surface area contributed by atoms with E-state index in [0.29, 0.717) is 24.1 Å². The average molecular weight is 434 g/mol. The molecule has 32 heavy (non-hydrogen) atoms. The molecule has 1 aromatic carbocycles. The fourth-order valence-corrected chi connectivity index (χ4v) is 4.15. The number of hydrogen-bond acceptors (Lipinski definition) is 5. The first-order valence-corrected chi connectivity index (χ1v) is 10.7. The summed E-state index contributed by atoms with van der Waals surface area (Å²) in [7, 11) is 0. The zero-order chi connectivity index (χ0) is 23.1. The second-order valence-electron chi connectivity index (χ2n) is 8.62. The van der Waals surface area contributed by atoms with Crippen molar-refractivity contribution in [3.05, 3.63) is 69.7 Å². The zero-order valence-corrected chi connectivity index (χ0v) is 18.6. The van der Waals surface area contributed by atoms with E-state index in [4.69, 9.17) is 9.47 Å². The van der Waals surface area contributed by atoms with Gasteiger partial charge in [-0.3, -0.25) is 14.9 Å². The van der Waals surface area contributed by atoms with E-state index in [9.17, 15) is 14.4 Å². The summed E-state index contributed by atoms with van der Waals surface area (Å²) in [4.78, 5) is 39.5. The molecule has 2 amide bonds. The van der Waals surface area contributed by atoms with E-state index in [2.05, 4.69) is 10.3 Å². The van der Waals surface area contributed by atoms with Crippen LogP contribution in [0.25, 0.3) is 17.3 Å². The Hall–Kier alpha value is -3.61. The van der Waals surface area contributed by atoms with Gasteiger partial charge in [-0.25, -0.2) is 4.79 Å². The maximum atomic E-state index is 13.2. The van der Waals surface area contributed by atoms with E-state index in [1.807, 2.05) is 64.1 Å².